The number of hydrogen-bond acceptors (Lipinski definition) is 4. The van der Waals surface area contributed by atoms with E-state index in [9.17, 15) is 0 Å². The molecule has 1 unspecified atom stereocenters. The van der Waals surface area contributed by atoms with Gasteiger partial charge in [-0.3, -0.25) is 5.10 Å². The summed E-state index contributed by atoms with van der Waals surface area (Å²) in [6.45, 7) is 4.92. The molecule has 1 atom stereocenters. The first-order chi connectivity index (χ1) is 7.25. The molecule has 0 aliphatic carbocycles. The second-order valence-electron chi connectivity index (χ2n) is 3.47. The Kier molecular flexibility index (Phi) is 3.13. The lowest BCUT2D eigenvalue weighted by atomic mass is 10.2. The molecule has 0 spiro atoms. The first-order valence-corrected chi connectivity index (χ1v) is 5.77. The van der Waals surface area contributed by atoms with E-state index >= 15 is 0 Å². The summed E-state index contributed by atoms with van der Waals surface area (Å²) < 4.78 is 0. The molecule has 2 aromatic heterocycles. The predicted octanol–water partition coefficient (Wildman–Crippen LogP) is 2.03. The lowest BCUT2D eigenvalue weighted by molar-refractivity contribution is 0.555. The van der Waals surface area contributed by atoms with Crippen LogP contribution in [0.5, 0.6) is 0 Å². The highest BCUT2D eigenvalue weighted by Gasteiger charge is 2.06. The third-order valence-electron chi connectivity index (χ3n) is 2.24. The summed E-state index contributed by atoms with van der Waals surface area (Å²) in [4.78, 5) is 4.39. The molecule has 0 aliphatic heterocycles. The molecular formula is C10H14N4S. The lowest BCUT2D eigenvalue weighted by Crippen LogP contribution is -2.18. The van der Waals surface area contributed by atoms with E-state index in [0.29, 0.717) is 0 Å². The quantitative estimate of drug-likeness (QED) is 0.832. The molecule has 80 valence electrons. The fourth-order valence-corrected chi connectivity index (χ4v) is 1.98. The summed E-state index contributed by atoms with van der Waals surface area (Å²) in [6, 6.07) is 2.25. The van der Waals surface area contributed by atoms with Crippen molar-refractivity contribution in [3.8, 4) is 0 Å². The largest absolute Gasteiger partial charge is 0.303 e. The molecule has 2 rings (SSSR count). The third-order valence-corrected chi connectivity index (χ3v) is 3.07. The second-order valence-corrected chi connectivity index (χ2v) is 4.53. The van der Waals surface area contributed by atoms with Gasteiger partial charge in [-0.25, -0.2) is 4.98 Å². The van der Waals surface area contributed by atoms with Gasteiger partial charge in [0.15, 0.2) is 0 Å². The van der Waals surface area contributed by atoms with Crippen molar-refractivity contribution in [1.82, 2.24) is 20.5 Å². The molecule has 2 heterocycles. The smallest absolute Gasteiger partial charge is 0.0897 e. The van der Waals surface area contributed by atoms with Crippen LogP contribution in [0.25, 0.3) is 0 Å². The molecular weight excluding hydrogens is 208 g/mol. The van der Waals surface area contributed by atoms with Crippen LogP contribution in [-0.2, 0) is 6.54 Å². The van der Waals surface area contributed by atoms with Crippen molar-refractivity contribution in [1.29, 1.82) is 0 Å². The Morgan fingerprint density at radius 3 is 3.07 bits per heavy atom. The SMILES string of the molecule is Cc1nc(CNC(C)c2ccn[nH]2)cs1. The van der Waals surface area contributed by atoms with Gasteiger partial charge in [0.1, 0.15) is 0 Å². The molecule has 0 saturated carbocycles. The first-order valence-electron chi connectivity index (χ1n) is 4.89. The topological polar surface area (TPSA) is 53.6 Å². The zero-order valence-electron chi connectivity index (χ0n) is 8.82. The van der Waals surface area contributed by atoms with E-state index in [4.69, 9.17) is 0 Å². The van der Waals surface area contributed by atoms with Crippen LogP contribution in [0.4, 0.5) is 0 Å². The summed E-state index contributed by atoms with van der Waals surface area (Å²) >= 11 is 1.68. The molecule has 0 amide bonds. The van der Waals surface area contributed by atoms with Gasteiger partial charge in [0.05, 0.1) is 16.4 Å². The van der Waals surface area contributed by atoms with Crippen molar-refractivity contribution in [3.63, 3.8) is 0 Å². The molecule has 0 bridgehead atoms. The van der Waals surface area contributed by atoms with Crippen molar-refractivity contribution in [2.45, 2.75) is 26.4 Å². The number of aromatic amines is 1. The maximum atomic E-state index is 4.39. The zero-order valence-corrected chi connectivity index (χ0v) is 9.64. The predicted molar refractivity (Wildman–Crippen MR) is 60.7 cm³/mol. The third kappa shape index (κ3) is 2.64. The Hall–Kier alpha value is -1.20. The van der Waals surface area contributed by atoms with E-state index < -0.39 is 0 Å². The Morgan fingerprint density at radius 1 is 1.60 bits per heavy atom. The fraction of sp³-hybridized carbons (Fsp3) is 0.400. The number of nitrogens with one attached hydrogen (secondary N) is 2. The van der Waals surface area contributed by atoms with Crippen LogP contribution in [-0.4, -0.2) is 15.2 Å². The lowest BCUT2D eigenvalue weighted by Gasteiger charge is -2.10. The Bertz CT molecular complexity index is 407. The highest BCUT2D eigenvalue weighted by Crippen LogP contribution is 2.11. The number of hydrogen-bond donors (Lipinski definition) is 2. The van der Waals surface area contributed by atoms with Gasteiger partial charge in [0.25, 0.3) is 0 Å². The molecule has 2 aromatic rings. The Labute approximate surface area is 92.8 Å². The maximum absolute atomic E-state index is 4.39. The number of H-pyrrole nitrogens is 1. The van der Waals surface area contributed by atoms with Gasteiger partial charge in [-0.15, -0.1) is 11.3 Å². The van der Waals surface area contributed by atoms with Gasteiger partial charge in [0, 0.05) is 24.2 Å². The van der Waals surface area contributed by atoms with E-state index in [1.165, 1.54) is 0 Å². The minimum absolute atomic E-state index is 0.273. The van der Waals surface area contributed by atoms with Gasteiger partial charge >= 0.3 is 0 Å². The minimum atomic E-state index is 0.273. The van der Waals surface area contributed by atoms with Crippen LogP contribution in [0.2, 0.25) is 0 Å². The molecule has 4 nitrogen and oxygen atoms in total. The first kappa shape index (κ1) is 10.3. The molecule has 2 N–H and O–H groups in total. The van der Waals surface area contributed by atoms with Crippen molar-refractivity contribution < 1.29 is 0 Å². The molecule has 0 aromatic carbocycles. The monoisotopic (exact) mass is 222 g/mol. The van der Waals surface area contributed by atoms with Gasteiger partial charge in [0.2, 0.25) is 0 Å². The van der Waals surface area contributed by atoms with Crippen LogP contribution in [0.1, 0.15) is 29.4 Å². The molecule has 15 heavy (non-hydrogen) atoms. The Balaban J connectivity index is 1.88. The number of rotatable bonds is 4. The van der Waals surface area contributed by atoms with Crippen molar-refractivity contribution >= 4 is 11.3 Å². The minimum Gasteiger partial charge on any atom is -0.303 e. The average molecular weight is 222 g/mol. The summed E-state index contributed by atoms with van der Waals surface area (Å²) in [7, 11) is 0. The second kappa shape index (κ2) is 4.55. The molecule has 0 radical (unpaired) electrons. The van der Waals surface area contributed by atoms with Gasteiger partial charge in [-0.05, 0) is 19.9 Å². The number of aromatic nitrogens is 3. The zero-order chi connectivity index (χ0) is 10.7. The standard InChI is InChI=1S/C10H14N4S/c1-7(10-3-4-12-14-10)11-5-9-6-15-8(2)13-9/h3-4,6-7,11H,5H2,1-2H3,(H,12,14). The highest BCUT2D eigenvalue weighted by molar-refractivity contribution is 7.09. The van der Waals surface area contributed by atoms with Crippen LogP contribution in [0.15, 0.2) is 17.6 Å². The van der Waals surface area contributed by atoms with Crippen molar-refractivity contribution in [3.05, 3.63) is 34.0 Å². The van der Waals surface area contributed by atoms with E-state index in [-0.39, 0.29) is 6.04 Å². The van der Waals surface area contributed by atoms with Gasteiger partial charge in [-0.1, -0.05) is 0 Å². The summed E-state index contributed by atoms with van der Waals surface area (Å²) in [5.41, 5.74) is 2.20. The van der Waals surface area contributed by atoms with E-state index in [1.54, 1.807) is 17.5 Å². The normalized spacial score (nSPS) is 12.9. The summed E-state index contributed by atoms with van der Waals surface area (Å²) in [6.07, 6.45) is 1.76. The molecule has 0 saturated heterocycles. The van der Waals surface area contributed by atoms with Crippen LogP contribution < -0.4 is 5.32 Å². The number of aryl methyl sites for hydroxylation is 1. The van der Waals surface area contributed by atoms with Crippen molar-refractivity contribution in [2.75, 3.05) is 0 Å². The average Bonchev–Trinajstić information content (AvgIpc) is 2.84. The Morgan fingerprint density at radius 2 is 2.47 bits per heavy atom. The van der Waals surface area contributed by atoms with Gasteiger partial charge < -0.3 is 5.32 Å². The van der Waals surface area contributed by atoms with Gasteiger partial charge in [-0.2, -0.15) is 5.10 Å². The van der Waals surface area contributed by atoms with E-state index in [2.05, 4.69) is 32.8 Å². The van der Waals surface area contributed by atoms with Crippen LogP contribution >= 0.6 is 11.3 Å². The summed E-state index contributed by atoms with van der Waals surface area (Å²) in [5, 5.41) is 13.5. The number of thiazole rings is 1. The fourth-order valence-electron chi connectivity index (χ4n) is 1.36. The summed E-state index contributed by atoms with van der Waals surface area (Å²) in [5.74, 6) is 0. The number of nitrogens with zero attached hydrogens (tertiary/aromatic N) is 2. The molecule has 5 heteroatoms. The van der Waals surface area contributed by atoms with Crippen LogP contribution in [0, 0.1) is 6.92 Å². The molecule has 0 aliphatic rings. The molecule has 0 fully saturated rings. The maximum Gasteiger partial charge on any atom is 0.0897 e. The highest BCUT2D eigenvalue weighted by atomic mass is 32.1. The van der Waals surface area contributed by atoms with Crippen LogP contribution in [0.3, 0.4) is 0 Å². The van der Waals surface area contributed by atoms with Crippen molar-refractivity contribution in [2.24, 2.45) is 0 Å². The van der Waals surface area contributed by atoms with E-state index in [0.717, 1.165) is 22.9 Å². The van der Waals surface area contributed by atoms with E-state index in [1.807, 2.05) is 13.0 Å².